The van der Waals surface area contributed by atoms with Gasteiger partial charge >= 0.3 is 0 Å². The van der Waals surface area contributed by atoms with E-state index >= 15 is 0 Å². The van der Waals surface area contributed by atoms with E-state index in [0.29, 0.717) is 26.9 Å². The molecular weight excluding hydrogens is 430 g/mol. The molecule has 0 saturated heterocycles. The molecule has 0 unspecified atom stereocenters. The highest BCUT2D eigenvalue weighted by Gasteiger charge is 2.10. The molecule has 31 heavy (non-hydrogen) atoms. The summed E-state index contributed by atoms with van der Waals surface area (Å²) >= 11 is 11.2. The normalized spacial score (nSPS) is 11.0. The summed E-state index contributed by atoms with van der Waals surface area (Å²) in [6.07, 6.45) is 1.67. The number of aromatic amines is 1. The molecule has 0 aliphatic rings. The third-order valence-electron chi connectivity index (χ3n) is 4.61. The van der Waals surface area contributed by atoms with Gasteiger partial charge in [0.15, 0.2) is 5.82 Å². The lowest BCUT2D eigenvalue weighted by molar-refractivity contribution is 0.102. The number of amides is 1. The van der Waals surface area contributed by atoms with Gasteiger partial charge in [0.05, 0.1) is 6.21 Å². The van der Waals surface area contributed by atoms with E-state index in [2.05, 4.69) is 20.6 Å². The van der Waals surface area contributed by atoms with Crippen molar-refractivity contribution in [2.24, 2.45) is 5.10 Å². The molecule has 0 saturated carbocycles. The Bertz CT molecular complexity index is 1320. The number of hydrogen-bond acceptors (Lipinski definition) is 4. The minimum Gasteiger partial charge on any atom is -0.322 e. The molecule has 3 aromatic carbocycles. The van der Waals surface area contributed by atoms with Crippen molar-refractivity contribution in [2.45, 2.75) is 6.92 Å². The molecule has 6 nitrogen and oxygen atoms in total. The van der Waals surface area contributed by atoms with Crippen LogP contribution in [0.25, 0.3) is 11.4 Å². The Morgan fingerprint density at radius 1 is 1.13 bits per heavy atom. The molecule has 2 N–H and O–H groups in total. The Morgan fingerprint density at radius 2 is 1.90 bits per heavy atom. The fourth-order valence-corrected chi connectivity index (χ4v) is 3.33. The van der Waals surface area contributed by atoms with Gasteiger partial charge in [-0.05, 0) is 66.7 Å². The van der Waals surface area contributed by atoms with Crippen molar-refractivity contribution >= 4 is 41.6 Å². The van der Waals surface area contributed by atoms with Crippen molar-refractivity contribution in [3.05, 3.63) is 99.3 Å². The number of carbonyl (C=O) groups is 1. The SMILES string of the molecule is Cc1ccccc1-c1n[nH]c(=S)n1/N=C/c1cccc(NC(=O)c2ccc(Cl)cc2)c1. The third kappa shape index (κ3) is 4.79. The summed E-state index contributed by atoms with van der Waals surface area (Å²) in [6, 6.07) is 22.0. The van der Waals surface area contributed by atoms with Gasteiger partial charge in [0.25, 0.3) is 5.91 Å². The molecule has 4 rings (SSSR count). The summed E-state index contributed by atoms with van der Waals surface area (Å²) in [5, 5.41) is 15.1. The molecule has 0 aliphatic heterocycles. The molecule has 0 spiro atoms. The Hall–Kier alpha value is -3.55. The fraction of sp³-hybridized carbons (Fsp3) is 0.0435. The van der Waals surface area contributed by atoms with Crippen LogP contribution in [0.5, 0.6) is 0 Å². The van der Waals surface area contributed by atoms with Crippen LogP contribution in [0.3, 0.4) is 0 Å². The molecule has 1 heterocycles. The van der Waals surface area contributed by atoms with Crippen LogP contribution < -0.4 is 5.32 Å². The average molecular weight is 448 g/mol. The predicted molar refractivity (Wildman–Crippen MR) is 126 cm³/mol. The molecule has 0 atom stereocenters. The second-order valence-corrected chi connectivity index (χ2v) is 7.63. The number of benzene rings is 3. The van der Waals surface area contributed by atoms with E-state index in [4.69, 9.17) is 23.8 Å². The second-order valence-electron chi connectivity index (χ2n) is 6.81. The third-order valence-corrected chi connectivity index (χ3v) is 5.13. The molecule has 0 fully saturated rings. The van der Waals surface area contributed by atoms with Crippen LogP contribution in [0.1, 0.15) is 21.5 Å². The van der Waals surface area contributed by atoms with E-state index in [-0.39, 0.29) is 5.91 Å². The zero-order valence-electron chi connectivity index (χ0n) is 16.5. The summed E-state index contributed by atoms with van der Waals surface area (Å²) in [5.74, 6) is 0.413. The van der Waals surface area contributed by atoms with Crippen LogP contribution in [0.2, 0.25) is 5.02 Å². The van der Waals surface area contributed by atoms with Crippen LogP contribution in [0, 0.1) is 11.7 Å². The van der Waals surface area contributed by atoms with Gasteiger partial charge in [0.2, 0.25) is 4.77 Å². The number of aromatic nitrogens is 3. The maximum atomic E-state index is 12.4. The first kappa shape index (κ1) is 20.7. The number of anilines is 1. The smallest absolute Gasteiger partial charge is 0.255 e. The molecule has 4 aromatic rings. The molecule has 0 aliphatic carbocycles. The van der Waals surface area contributed by atoms with Gasteiger partial charge in [-0.2, -0.15) is 14.9 Å². The number of aryl methyl sites for hydroxylation is 1. The maximum Gasteiger partial charge on any atom is 0.255 e. The van der Waals surface area contributed by atoms with E-state index in [1.807, 2.05) is 55.5 Å². The first-order valence-electron chi connectivity index (χ1n) is 9.46. The number of rotatable bonds is 5. The van der Waals surface area contributed by atoms with Crippen LogP contribution in [-0.4, -0.2) is 27.0 Å². The molecular formula is C23H18ClN5OS. The van der Waals surface area contributed by atoms with Gasteiger partial charge < -0.3 is 5.32 Å². The van der Waals surface area contributed by atoms with Gasteiger partial charge in [-0.1, -0.05) is 48.0 Å². The summed E-state index contributed by atoms with van der Waals surface area (Å²) < 4.78 is 1.97. The van der Waals surface area contributed by atoms with E-state index in [1.54, 1.807) is 35.2 Å². The minimum absolute atomic E-state index is 0.218. The highest BCUT2D eigenvalue weighted by molar-refractivity contribution is 7.71. The highest BCUT2D eigenvalue weighted by Crippen LogP contribution is 2.21. The first-order valence-corrected chi connectivity index (χ1v) is 10.2. The largest absolute Gasteiger partial charge is 0.322 e. The zero-order valence-corrected chi connectivity index (χ0v) is 18.1. The van der Waals surface area contributed by atoms with Crippen LogP contribution in [0.4, 0.5) is 5.69 Å². The Labute approximate surface area is 189 Å². The topological polar surface area (TPSA) is 75.1 Å². The minimum atomic E-state index is -0.218. The van der Waals surface area contributed by atoms with Gasteiger partial charge in [-0.25, -0.2) is 5.10 Å². The number of carbonyl (C=O) groups excluding carboxylic acids is 1. The second kappa shape index (κ2) is 9.07. The maximum absolute atomic E-state index is 12.4. The van der Waals surface area contributed by atoms with Crippen molar-refractivity contribution in [3.63, 3.8) is 0 Å². The first-order chi connectivity index (χ1) is 15.0. The van der Waals surface area contributed by atoms with Crippen molar-refractivity contribution in [1.82, 2.24) is 14.9 Å². The lowest BCUT2D eigenvalue weighted by atomic mass is 10.1. The molecule has 154 valence electrons. The summed E-state index contributed by atoms with van der Waals surface area (Å²) in [5.41, 5.74) is 3.98. The molecule has 1 aromatic heterocycles. The molecule has 0 bridgehead atoms. The van der Waals surface area contributed by atoms with E-state index in [0.717, 1.165) is 16.7 Å². The zero-order chi connectivity index (χ0) is 21.8. The van der Waals surface area contributed by atoms with Crippen molar-refractivity contribution < 1.29 is 4.79 Å². The van der Waals surface area contributed by atoms with Crippen molar-refractivity contribution in [3.8, 4) is 11.4 Å². The van der Waals surface area contributed by atoms with Crippen LogP contribution >= 0.6 is 23.8 Å². The van der Waals surface area contributed by atoms with Crippen LogP contribution in [-0.2, 0) is 0 Å². The van der Waals surface area contributed by atoms with E-state index in [1.165, 1.54) is 0 Å². The van der Waals surface area contributed by atoms with Crippen molar-refractivity contribution in [2.75, 3.05) is 5.32 Å². The van der Waals surface area contributed by atoms with E-state index < -0.39 is 0 Å². The van der Waals surface area contributed by atoms with Gasteiger partial charge in [-0.15, -0.1) is 0 Å². The lowest BCUT2D eigenvalue weighted by Crippen LogP contribution is -2.11. The monoisotopic (exact) mass is 447 g/mol. The van der Waals surface area contributed by atoms with Crippen LogP contribution in [0.15, 0.2) is 77.9 Å². The average Bonchev–Trinajstić information content (AvgIpc) is 3.13. The van der Waals surface area contributed by atoms with E-state index in [9.17, 15) is 4.79 Å². The quantitative estimate of drug-likeness (QED) is 0.304. The number of halogens is 1. The predicted octanol–water partition coefficient (Wildman–Crippen LogP) is 5.70. The molecule has 1 amide bonds. The highest BCUT2D eigenvalue weighted by atomic mass is 35.5. The standard InChI is InChI=1S/C23H18ClN5OS/c1-15-5-2-3-8-20(15)21-27-28-23(31)29(21)25-14-16-6-4-7-19(13-16)26-22(30)17-9-11-18(24)12-10-17/h2-14H,1H3,(H,26,30)(H,28,31)/b25-14+. The number of nitrogens with zero attached hydrogens (tertiary/aromatic N) is 3. The Kier molecular flexibility index (Phi) is 6.06. The summed E-state index contributed by atoms with van der Waals surface area (Å²) in [7, 11) is 0. The van der Waals surface area contributed by atoms with Gasteiger partial charge in [-0.3, -0.25) is 4.79 Å². The number of nitrogens with one attached hydrogen (secondary N) is 2. The van der Waals surface area contributed by atoms with Crippen molar-refractivity contribution in [1.29, 1.82) is 0 Å². The number of hydrogen-bond donors (Lipinski definition) is 2. The summed E-state index contributed by atoms with van der Waals surface area (Å²) in [6.45, 7) is 2.01. The molecule has 0 radical (unpaired) electrons. The molecule has 8 heteroatoms. The lowest BCUT2D eigenvalue weighted by Gasteiger charge is -2.06. The number of H-pyrrole nitrogens is 1. The Morgan fingerprint density at radius 3 is 2.68 bits per heavy atom. The summed E-state index contributed by atoms with van der Waals surface area (Å²) in [4.78, 5) is 12.4. The van der Waals surface area contributed by atoms with Gasteiger partial charge in [0.1, 0.15) is 0 Å². The van der Waals surface area contributed by atoms with Gasteiger partial charge in [0, 0.05) is 21.8 Å². The Balaban J connectivity index is 1.57. The fourth-order valence-electron chi connectivity index (χ4n) is 3.02.